The fraction of sp³-hybridized carbons (Fsp3) is 0.270. The quantitative estimate of drug-likeness (QED) is 0.203. The van der Waals surface area contributed by atoms with E-state index in [1.54, 1.807) is 42.5 Å². The number of anilines is 2. The second-order valence-corrected chi connectivity index (χ2v) is 11.9. The van der Waals surface area contributed by atoms with Gasteiger partial charge in [0.25, 0.3) is 0 Å². The number of ether oxygens (including phenoxy) is 1. The van der Waals surface area contributed by atoms with Crippen molar-refractivity contribution < 1.29 is 24.2 Å². The number of Topliss-reactive ketones (excluding diaryl/α,β-unsaturated/α-hetero) is 1. The van der Waals surface area contributed by atoms with Gasteiger partial charge in [0.05, 0.1) is 11.5 Å². The predicted octanol–water partition coefficient (Wildman–Crippen LogP) is 6.51. The highest BCUT2D eigenvalue weighted by Gasteiger charge is 2.56. The molecule has 0 aromatic heterocycles. The molecule has 1 aliphatic carbocycles. The Balaban J connectivity index is 1.50. The number of ketones is 1. The summed E-state index contributed by atoms with van der Waals surface area (Å²) < 4.78 is 5.99. The minimum Gasteiger partial charge on any atom is -0.489 e. The van der Waals surface area contributed by atoms with Crippen LogP contribution in [-0.2, 0) is 21.0 Å². The number of hydrogen-bond acceptors (Lipinski definition) is 5. The molecule has 2 amide bonds. The summed E-state index contributed by atoms with van der Waals surface area (Å²) in [6, 6.07) is 29.8. The summed E-state index contributed by atoms with van der Waals surface area (Å²) in [7, 11) is 0. The summed E-state index contributed by atoms with van der Waals surface area (Å²) in [5, 5.41) is 17.5. The Hall–Kier alpha value is -4.75. The van der Waals surface area contributed by atoms with Crippen LogP contribution in [0.15, 0.2) is 97.1 Å². The number of benzene rings is 4. The van der Waals surface area contributed by atoms with Crippen LogP contribution in [-0.4, -0.2) is 28.3 Å². The zero-order valence-electron chi connectivity index (χ0n) is 25.5. The molecule has 0 radical (unpaired) electrons. The van der Waals surface area contributed by atoms with E-state index in [0.717, 1.165) is 22.3 Å². The van der Waals surface area contributed by atoms with Crippen molar-refractivity contribution in [2.24, 2.45) is 11.8 Å². The highest BCUT2D eigenvalue weighted by Crippen LogP contribution is 2.47. The summed E-state index contributed by atoms with van der Waals surface area (Å²) in [5.74, 6) is -4.05. The van der Waals surface area contributed by atoms with Crippen molar-refractivity contribution >= 4 is 29.0 Å². The lowest BCUT2D eigenvalue weighted by Gasteiger charge is -2.44. The predicted molar refractivity (Wildman–Crippen MR) is 172 cm³/mol. The van der Waals surface area contributed by atoms with Gasteiger partial charge in [-0.15, -0.1) is 0 Å². The number of para-hydroxylation sites is 2. The van der Waals surface area contributed by atoms with Gasteiger partial charge in [-0.2, -0.15) is 0 Å². The SMILES string of the molecule is Cc1ccc(COc2ccc(C3C(C(=O)Nc4ccccc4C)C(=O)CC(C)(O)C3C(=O)Nc3ccccc3C)cc2)cc1. The van der Waals surface area contributed by atoms with Crippen LogP contribution in [0.25, 0.3) is 0 Å². The van der Waals surface area contributed by atoms with Crippen LogP contribution < -0.4 is 15.4 Å². The van der Waals surface area contributed by atoms with Gasteiger partial charge in [0.2, 0.25) is 11.8 Å². The van der Waals surface area contributed by atoms with Crippen molar-refractivity contribution in [1.82, 2.24) is 0 Å². The lowest BCUT2D eigenvalue weighted by molar-refractivity contribution is -0.150. The minimum atomic E-state index is -1.70. The first-order valence-electron chi connectivity index (χ1n) is 14.8. The fourth-order valence-electron chi connectivity index (χ4n) is 5.98. The van der Waals surface area contributed by atoms with Gasteiger partial charge in [0.15, 0.2) is 0 Å². The molecule has 226 valence electrons. The highest BCUT2D eigenvalue weighted by molar-refractivity contribution is 6.10. The Morgan fingerprint density at radius 3 is 1.91 bits per heavy atom. The van der Waals surface area contributed by atoms with Gasteiger partial charge in [-0.25, -0.2) is 0 Å². The summed E-state index contributed by atoms with van der Waals surface area (Å²) in [5.41, 5.74) is 3.95. The number of rotatable bonds is 8. The van der Waals surface area contributed by atoms with Crippen molar-refractivity contribution in [3.8, 4) is 5.75 Å². The summed E-state index contributed by atoms with van der Waals surface area (Å²) in [6.45, 7) is 7.64. The average Bonchev–Trinajstić information content (AvgIpc) is 2.98. The molecule has 0 heterocycles. The number of carbonyl (C=O) groups is 3. The molecule has 0 aliphatic heterocycles. The van der Waals surface area contributed by atoms with Gasteiger partial charge < -0.3 is 20.5 Å². The number of aliphatic hydroxyl groups is 1. The van der Waals surface area contributed by atoms with Crippen LogP contribution in [0, 0.1) is 32.6 Å². The third kappa shape index (κ3) is 6.74. The topological polar surface area (TPSA) is 105 Å². The van der Waals surface area contributed by atoms with E-state index >= 15 is 0 Å². The third-order valence-corrected chi connectivity index (χ3v) is 8.43. The number of carbonyl (C=O) groups excluding carboxylic acids is 3. The van der Waals surface area contributed by atoms with Crippen molar-refractivity contribution in [1.29, 1.82) is 0 Å². The van der Waals surface area contributed by atoms with Gasteiger partial charge in [0.1, 0.15) is 24.1 Å². The van der Waals surface area contributed by atoms with Crippen LogP contribution in [0.1, 0.15) is 47.1 Å². The Bertz CT molecular complexity index is 1660. The molecule has 0 saturated heterocycles. The molecule has 1 fully saturated rings. The Kier molecular flexibility index (Phi) is 8.97. The molecule has 1 saturated carbocycles. The van der Waals surface area contributed by atoms with Gasteiger partial charge in [-0.1, -0.05) is 78.4 Å². The molecule has 0 bridgehead atoms. The fourth-order valence-corrected chi connectivity index (χ4v) is 5.98. The smallest absolute Gasteiger partial charge is 0.235 e. The standard InChI is InChI=1S/C37H38N2O5/c1-23-13-15-26(16-14-23)22-44-28-19-17-27(18-20-28)32-33(35(41)38-29-11-7-5-9-24(29)2)31(40)21-37(4,43)34(32)36(42)39-30-12-8-6-10-25(30)3/h5-20,32-34,43H,21-22H2,1-4H3,(H,38,41)(H,39,42). The molecule has 0 spiro atoms. The van der Waals surface area contributed by atoms with E-state index in [2.05, 4.69) is 10.6 Å². The first kappa shape index (κ1) is 30.7. The van der Waals surface area contributed by atoms with E-state index in [9.17, 15) is 19.5 Å². The number of amides is 2. The maximum atomic E-state index is 14.0. The highest BCUT2D eigenvalue weighted by atomic mass is 16.5. The summed E-state index contributed by atoms with van der Waals surface area (Å²) in [6.07, 6.45) is -0.334. The van der Waals surface area contributed by atoms with Crippen molar-refractivity contribution in [3.63, 3.8) is 0 Å². The van der Waals surface area contributed by atoms with Crippen molar-refractivity contribution in [3.05, 3.63) is 125 Å². The van der Waals surface area contributed by atoms with E-state index < -0.39 is 41.0 Å². The van der Waals surface area contributed by atoms with Crippen molar-refractivity contribution in [2.45, 2.75) is 52.2 Å². The number of hydrogen-bond donors (Lipinski definition) is 3. The van der Waals surface area contributed by atoms with E-state index in [1.165, 1.54) is 6.92 Å². The van der Waals surface area contributed by atoms with E-state index in [1.807, 2.05) is 75.4 Å². The first-order valence-corrected chi connectivity index (χ1v) is 14.8. The minimum absolute atomic E-state index is 0.334. The van der Waals surface area contributed by atoms with E-state index in [4.69, 9.17) is 4.74 Å². The second kappa shape index (κ2) is 12.9. The summed E-state index contributed by atoms with van der Waals surface area (Å²) >= 11 is 0. The van der Waals surface area contributed by atoms with Crippen LogP contribution in [0.5, 0.6) is 5.75 Å². The lowest BCUT2D eigenvalue weighted by atomic mass is 9.61. The maximum Gasteiger partial charge on any atom is 0.235 e. The van der Waals surface area contributed by atoms with Crippen LogP contribution in [0.4, 0.5) is 11.4 Å². The lowest BCUT2D eigenvalue weighted by Crippen LogP contribution is -2.56. The maximum absolute atomic E-state index is 14.0. The molecule has 5 rings (SSSR count). The van der Waals surface area contributed by atoms with E-state index in [0.29, 0.717) is 29.3 Å². The molecule has 4 aromatic rings. The molecule has 4 unspecified atom stereocenters. The third-order valence-electron chi connectivity index (χ3n) is 8.43. The second-order valence-electron chi connectivity index (χ2n) is 11.9. The van der Waals surface area contributed by atoms with Gasteiger partial charge in [0, 0.05) is 23.7 Å². The molecular weight excluding hydrogens is 552 g/mol. The van der Waals surface area contributed by atoms with Crippen molar-refractivity contribution in [2.75, 3.05) is 10.6 Å². The number of aryl methyl sites for hydroxylation is 3. The van der Waals surface area contributed by atoms with Gasteiger partial charge in [-0.05, 0) is 74.2 Å². The molecule has 7 heteroatoms. The monoisotopic (exact) mass is 590 g/mol. The molecule has 1 aliphatic rings. The van der Waals surface area contributed by atoms with Crippen LogP contribution in [0.3, 0.4) is 0 Å². The normalized spacial score (nSPS) is 21.4. The molecular formula is C37H38N2O5. The largest absolute Gasteiger partial charge is 0.489 e. The zero-order chi connectivity index (χ0) is 31.4. The van der Waals surface area contributed by atoms with Gasteiger partial charge >= 0.3 is 0 Å². The number of nitrogens with one attached hydrogen (secondary N) is 2. The molecule has 4 atom stereocenters. The summed E-state index contributed by atoms with van der Waals surface area (Å²) in [4.78, 5) is 41.6. The molecule has 3 N–H and O–H groups in total. The first-order chi connectivity index (χ1) is 21.0. The van der Waals surface area contributed by atoms with Crippen LogP contribution >= 0.6 is 0 Å². The average molecular weight is 591 g/mol. The zero-order valence-corrected chi connectivity index (χ0v) is 25.5. The Morgan fingerprint density at radius 2 is 1.34 bits per heavy atom. The molecule has 44 heavy (non-hydrogen) atoms. The molecule has 4 aromatic carbocycles. The Labute approximate surface area is 258 Å². The van der Waals surface area contributed by atoms with Gasteiger partial charge in [-0.3, -0.25) is 14.4 Å². The molecule has 7 nitrogen and oxygen atoms in total. The van der Waals surface area contributed by atoms with Crippen LogP contribution in [0.2, 0.25) is 0 Å². The Morgan fingerprint density at radius 1 is 0.795 bits per heavy atom. The van der Waals surface area contributed by atoms with E-state index in [-0.39, 0.29) is 6.42 Å².